The zero-order valence-electron chi connectivity index (χ0n) is 14.5. The number of rotatable bonds is 6. The molecule has 0 radical (unpaired) electrons. The molecule has 0 aliphatic heterocycles. The fourth-order valence-electron chi connectivity index (χ4n) is 3.87. The van der Waals surface area contributed by atoms with Gasteiger partial charge in [-0.15, -0.1) is 0 Å². The monoisotopic (exact) mass is 315 g/mol. The van der Waals surface area contributed by atoms with Gasteiger partial charge in [-0.25, -0.2) is 0 Å². The first-order valence-corrected chi connectivity index (χ1v) is 9.13. The van der Waals surface area contributed by atoms with Crippen LogP contribution in [0.3, 0.4) is 0 Å². The maximum absolute atomic E-state index is 13.0. The van der Waals surface area contributed by atoms with Gasteiger partial charge in [-0.1, -0.05) is 25.5 Å². The Morgan fingerprint density at radius 1 is 1.04 bits per heavy atom. The van der Waals surface area contributed by atoms with E-state index in [1.165, 1.54) is 44.9 Å². The largest absolute Gasteiger partial charge is 0.380 e. The summed E-state index contributed by atoms with van der Waals surface area (Å²) < 4.78 is 5.14. The van der Waals surface area contributed by atoms with E-state index in [2.05, 4.69) is 11.8 Å². The van der Waals surface area contributed by atoms with E-state index in [9.17, 15) is 4.79 Å². The van der Waals surface area contributed by atoms with Gasteiger partial charge < -0.3 is 9.64 Å². The lowest BCUT2D eigenvalue weighted by atomic mass is 9.83. The molecule has 0 atom stereocenters. The third-order valence-corrected chi connectivity index (χ3v) is 5.47. The molecule has 0 heterocycles. The van der Waals surface area contributed by atoms with Crippen LogP contribution < -0.4 is 0 Å². The van der Waals surface area contributed by atoms with Crippen LogP contribution in [-0.4, -0.2) is 30.0 Å². The Bertz CT molecular complexity index is 513. The average Bonchev–Trinajstić information content (AvgIpc) is 3.41. The summed E-state index contributed by atoms with van der Waals surface area (Å²) in [4.78, 5) is 15.3. The summed E-state index contributed by atoms with van der Waals surface area (Å²) in [5, 5.41) is 0. The first-order chi connectivity index (χ1) is 11.2. The Morgan fingerprint density at radius 2 is 1.61 bits per heavy atom. The molecular formula is C20H29NO2. The number of nitrogens with zero attached hydrogens (tertiary/aromatic N) is 1. The minimum atomic E-state index is 0.233. The number of ether oxygens (including phenoxy) is 1. The van der Waals surface area contributed by atoms with Crippen LogP contribution in [0.2, 0.25) is 0 Å². The van der Waals surface area contributed by atoms with E-state index < -0.39 is 0 Å². The third kappa shape index (κ3) is 3.95. The lowest BCUT2D eigenvalue weighted by Gasteiger charge is -2.37. The molecule has 23 heavy (non-hydrogen) atoms. The maximum atomic E-state index is 13.0. The highest BCUT2D eigenvalue weighted by molar-refractivity contribution is 5.94. The first kappa shape index (κ1) is 16.5. The van der Waals surface area contributed by atoms with Crippen molar-refractivity contribution in [2.45, 2.75) is 70.6 Å². The molecule has 1 amide bonds. The van der Waals surface area contributed by atoms with Gasteiger partial charge in [0.2, 0.25) is 0 Å². The molecule has 1 aromatic carbocycles. The van der Waals surface area contributed by atoms with Gasteiger partial charge in [0.1, 0.15) is 0 Å². The maximum Gasteiger partial charge on any atom is 0.254 e. The fraction of sp³-hybridized carbons (Fsp3) is 0.650. The predicted octanol–water partition coefficient (Wildman–Crippen LogP) is 4.41. The minimum Gasteiger partial charge on any atom is -0.380 e. The van der Waals surface area contributed by atoms with Crippen molar-refractivity contribution in [2.24, 2.45) is 5.92 Å². The number of carbonyl (C=O) groups is 1. The van der Waals surface area contributed by atoms with E-state index in [0.717, 1.165) is 17.0 Å². The Kier molecular flexibility index (Phi) is 5.37. The number of carbonyl (C=O) groups excluding carboxylic acids is 1. The summed E-state index contributed by atoms with van der Waals surface area (Å²) in [5.41, 5.74) is 1.94. The molecule has 3 rings (SSSR count). The van der Waals surface area contributed by atoms with Crippen molar-refractivity contribution < 1.29 is 9.53 Å². The van der Waals surface area contributed by atoms with Crippen LogP contribution in [0.25, 0.3) is 0 Å². The van der Waals surface area contributed by atoms with Gasteiger partial charge >= 0.3 is 0 Å². The zero-order valence-corrected chi connectivity index (χ0v) is 14.5. The Balaban J connectivity index is 1.69. The standard InChI is InChI=1S/C20H29NO2/c1-3-15-6-10-18(11-7-15)21(19-12-13-19)20(22)17-8-4-16(5-9-17)14-23-2/h4-5,8-9,15,18-19H,3,6-7,10-14H2,1-2H3. The minimum absolute atomic E-state index is 0.233. The van der Waals surface area contributed by atoms with E-state index in [-0.39, 0.29) is 5.91 Å². The van der Waals surface area contributed by atoms with Crippen molar-refractivity contribution in [3.05, 3.63) is 35.4 Å². The van der Waals surface area contributed by atoms with Crippen molar-refractivity contribution in [3.63, 3.8) is 0 Å². The van der Waals surface area contributed by atoms with Gasteiger partial charge in [0.15, 0.2) is 0 Å². The predicted molar refractivity (Wildman–Crippen MR) is 92.4 cm³/mol. The van der Waals surface area contributed by atoms with Gasteiger partial charge in [-0.05, 0) is 62.1 Å². The van der Waals surface area contributed by atoms with Crippen LogP contribution in [0.15, 0.2) is 24.3 Å². The Morgan fingerprint density at radius 3 is 2.09 bits per heavy atom. The van der Waals surface area contributed by atoms with Gasteiger partial charge in [0, 0.05) is 24.8 Å². The second-order valence-corrected chi connectivity index (χ2v) is 7.16. The summed E-state index contributed by atoms with van der Waals surface area (Å²) in [6, 6.07) is 8.89. The molecule has 0 unspecified atom stereocenters. The lowest BCUT2D eigenvalue weighted by Crippen LogP contribution is -2.43. The van der Waals surface area contributed by atoms with E-state index >= 15 is 0 Å². The Labute approximate surface area is 140 Å². The second kappa shape index (κ2) is 7.48. The fourth-order valence-corrected chi connectivity index (χ4v) is 3.87. The molecule has 3 nitrogen and oxygen atoms in total. The van der Waals surface area contributed by atoms with Crippen LogP contribution in [-0.2, 0) is 11.3 Å². The molecule has 0 bridgehead atoms. The SMILES string of the molecule is CCC1CCC(N(C(=O)c2ccc(COC)cc2)C2CC2)CC1. The number of hydrogen-bond donors (Lipinski definition) is 0. The van der Waals surface area contributed by atoms with Gasteiger partial charge in [-0.3, -0.25) is 4.79 Å². The van der Waals surface area contributed by atoms with Crippen molar-refractivity contribution in [3.8, 4) is 0 Å². The Hall–Kier alpha value is -1.35. The number of amides is 1. The number of benzene rings is 1. The molecule has 0 aromatic heterocycles. The van der Waals surface area contributed by atoms with E-state index in [0.29, 0.717) is 18.7 Å². The number of methoxy groups -OCH3 is 1. The smallest absolute Gasteiger partial charge is 0.254 e. The summed E-state index contributed by atoms with van der Waals surface area (Å²) >= 11 is 0. The molecule has 126 valence electrons. The van der Waals surface area contributed by atoms with Crippen molar-refractivity contribution in [1.29, 1.82) is 0 Å². The molecule has 1 aromatic rings. The van der Waals surface area contributed by atoms with Gasteiger partial charge in [-0.2, -0.15) is 0 Å². The van der Waals surface area contributed by atoms with Crippen LogP contribution >= 0.6 is 0 Å². The van der Waals surface area contributed by atoms with Crippen LogP contribution in [0, 0.1) is 5.92 Å². The molecule has 0 spiro atoms. The van der Waals surface area contributed by atoms with E-state index in [1.54, 1.807) is 7.11 Å². The van der Waals surface area contributed by atoms with E-state index in [4.69, 9.17) is 4.74 Å². The molecule has 2 aliphatic rings. The first-order valence-electron chi connectivity index (χ1n) is 9.13. The highest BCUT2D eigenvalue weighted by Crippen LogP contribution is 2.37. The van der Waals surface area contributed by atoms with Gasteiger partial charge in [0.25, 0.3) is 5.91 Å². The van der Waals surface area contributed by atoms with E-state index in [1.807, 2.05) is 24.3 Å². The highest BCUT2D eigenvalue weighted by atomic mass is 16.5. The van der Waals surface area contributed by atoms with Gasteiger partial charge in [0.05, 0.1) is 6.61 Å². The second-order valence-electron chi connectivity index (χ2n) is 7.16. The molecule has 3 heteroatoms. The van der Waals surface area contributed by atoms with Crippen LogP contribution in [0.4, 0.5) is 0 Å². The summed E-state index contributed by atoms with van der Waals surface area (Å²) in [5.74, 6) is 1.10. The van der Waals surface area contributed by atoms with Crippen molar-refractivity contribution >= 4 is 5.91 Å². The quantitative estimate of drug-likeness (QED) is 0.778. The molecule has 0 saturated heterocycles. The van der Waals surface area contributed by atoms with Crippen LogP contribution in [0.1, 0.15) is 67.8 Å². The summed E-state index contributed by atoms with van der Waals surface area (Å²) in [6.45, 7) is 2.89. The highest BCUT2D eigenvalue weighted by Gasteiger charge is 2.38. The zero-order chi connectivity index (χ0) is 16.2. The normalized spacial score (nSPS) is 24.4. The molecular weight excluding hydrogens is 286 g/mol. The topological polar surface area (TPSA) is 29.5 Å². The number of hydrogen-bond acceptors (Lipinski definition) is 2. The van der Waals surface area contributed by atoms with Crippen LogP contribution in [0.5, 0.6) is 0 Å². The van der Waals surface area contributed by atoms with Crippen molar-refractivity contribution in [1.82, 2.24) is 4.90 Å². The van der Waals surface area contributed by atoms with Crippen molar-refractivity contribution in [2.75, 3.05) is 7.11 Å². The third-order valence-electron chi connectivity index (χ3n) is 5.47. The lowest BCUT2D eigenvalue weighted by molar-refractivity contribution is 0.0587. The molecule has 2 fully saturated rings. The molecule has 2 aliphatic carbocycles. The summed E-state index contributed by atoms with van der Waals surface area (Å²) in [6.07, 6.45) is 8.58. The molecule has 2 saturated carbocycles. The summed E-state index contributed by atoms with van der Waals surface area (Å²) in [7, 11) is 1.69. The molecule has 0 N–H and O–H groups in total. The average molecular weight is 315 g/mol.